The van der Waals surface area contributed by atoms with Gasteiger partial charge in [-0.25, -0.2) is 9.18 Å². The van der Waals surface area contributed by atoms with E-state index in [9.17, 15) is 14.0 Å². The maximum absolute atomic E-state index is 13.8. The summed E-state index contributed by atoms with van der Waals surface area (Å²) in [5.41, 5.74) is -0.180. The summed E-state index contributed by atoms with van der Waals surface area (Å²) in [5.74, 6) is -0.265. The van der Waals surface area contributed by atoms with E-state index in [1.807, 2.05) is 26.8 Å². The SMILES string of the molecule is CC(C)(C)OC(=O)N1CCC[C@@]2(COC(F)C(=O)N2)[C@@H]1CO[C@H]1CC[C@@H](c2ccccc2)CC1. The van der Waals surface area contributed by atoms with Crippen molar-refractivity contribution in [3.8, 4) is 0 Å². The molecule has 1 spiro atoms. The number of morpholine rings is 1. The average Bonchev–Trinajstić information content (AvgIpc) is 2.80. The maximum Gasteiger partial charge on any atom is 0.410 e. The van der Waals surface area contributed by atoms with Gasteiger partial charge in [0.05, 0.1) is 30.9 Å². The highest BCUT2D eigenvalue weighted by atomic mass is 19.1. The summed E-state index contributed by atoms with van der Waals surface area (Å²) in [6.07, 6.45) is 2.82. The lowest BCUT2D eigenvalue weighted by molar-refractivity contribution is -0.173. The Bertz CT molecular complexity index is 852. The Hall–Kier alpha value is -2.19. The molecule has 2 aliphatic heterocycles. The molecule has 0 bridgehead atoms. The number of rotatable bonds is 4. The van der Waals surface area contributed by atoms with Crippen molar-refractivity contribution < 1.29 is 28.2 Å². The van der Waals surface area contributed by atoms with Crippen LogP contribution in [0.1, 0.15) is 70.8 Å². The van der Waals surface area contributed by atoms with Crippen molar-refractivity contribution in [1.82, 2.24) is 10.2 Å². The Morgan fingerprint density at radius 3 is 2.56 bits per heavy atom. The number of piperidine rings is 1. The van der Waals surface area contributed by atoms with Crippen LogP contribution in [0.25, 0.3) is 0 Å². The lowest BCUT2D eigenvalue weighted by Gasteiger charge is -2.51. The molecular weight excluding hydrogens is 439 g/mol. The van der Waals surface area contributed by atoms with Crippen LogP contribution < -0.4 is 5.32 Å². The number of alkyl halides is 1. The summed E-state index contributed by atoms with van der Waals surface area (Å²) in [7, 11) is 0. The van der Waals surface area contributed by atoms with E-state index in [0.29, 0.717) is 25.3 Å². The zero-order chi connectivity index (χ0) is 24.3. The van der Waals surface area contributed by atoms with Crippen molar-refractivity contribution in [2.24, 2.45) is 0 Å². The van der Waals surface area contributed by atoms with Crippen LogP contribution in [-0.2, 0) is 19.0 Å². The van der Waals surface area contributed by atoms with Gasteiger partial charge >= 0.3 is 6.09 Å². The van der Waals surface area contributed by atoms with Crippen LogP contribution in [0.15, 0.2) is 30.3 Å². The minimum atomic E-state index is -1.99. The molecule has 2 heterocycles. The number of amides is 2. The van der Waals surface area contributed by atoms with Gasteiger partial charge in [-0.15, -0.1) is 0 Å². The summed E-state index contributed by atoms with van der Waals surface area (Å²) in [6, 6.07) is 10.1. The van der Waals surface area contributed by atoms with Gasteiger partial charge in [-0.2, -0.15) is 0 Å². The number of hydrogen-bond acceptors (Lipinski definition) is 5. The van der Waals surface area contributed by atoms with Crippen LogP contribution >= 0.6 is 0 Å². The van der Waals surface area contributed by atoms with Crippen molar-refractivity contribution in [2.45, 2.75) is 94.9 Å². The van der Waals surface area contributed by atoms with Crippen molar-refractivity contribution >= 4 is 12.0 Å². The third kappa shape index (κ3) is 5.71. The Labute approximate surface area is 201 Å². The molecule has 2 amide bonds. The molecule has 3 fully saturated rings. The van der Waals surface area contributed by atoms with E-state index < -0.39 is 35.5 Å². The third-order valence-corrected chi connectivity index (χ3v) is 7.16. The molecular formula is C26H37FN2O5. The van der Waals surface area contributed by atoms with Crippen LogP contribution in [0.3, 0.4) is 0 Å². The van der Waals surface area contributed by atoms with Gasteiger partial charge < -0.3 is 24.4 Å². The standard InChI is InChI=1S/C26H37FN2O5/c1-25(2,3)34-24(31)29-15-7-14-26(17-33-22(27)23(30)28-26)21(29)16-32-20-12-10-19(11-13-20)18-8-5-4-6-9-18/h4-6,8-9,19-22H,7,10-17H2,1-3H3,(H,28,30)/t19-,20+,21-,22?,26+/m0/s1. The second-order valence-electron chi connectivity index (χ2n) is 10.8. The third-order valence-electron chi connectivity index (χ3n) is 7.16. The second kappa shape index (κ2) is 10.2. The minimum Gasteiger partial charge on any atom is -0.444 e. The van der Waals surface area contributed by atoms with E-state index in [1.54, 1.807) is 4.90 Å². The van der Waals surface area contributed by atoms with Crippen LogP contribution in [-0.4, -0.2) is 66.3 Å². The first-order valence-electron chi connectivity index (χ1n) is 12.4. The lowest BCUT2D eigenvalue weighted by Crippen LogP contribution is -2.73. The zero-order valence-electron chi connectivity index (χ0n) is 20.4. The highest BCUT2D eigenvalue weighted by molar-refractivity contribution is 5.81. The molecule has 0 aromatic heterocycles. The molecule has 1 saturated carbocycles. The van der Waals surface area contributed by atoms with Gasteiger partial charge in [0.2, 0.25) is 0 Å². The number of halogens is 1. The fourth-order valence-corrected chi connectivity index (χ4v) is 5.44. The molecule has 34 heavy (non-hydrogen) atoms. The number of ether oxygens (including phenoxy) is 3. The zero-order valence-corrected chi connectivity index (χ0v) is 20.4. The van der Waals surface area contributed by atoms with E-state index in [1.165, 1.54) is 5.56 Å². The Balaban J connectivity index is 1.44. The van der Waals surface area contributed by atoms with Gasteiger partial charge in [-0.3, -0.25) is 4.79 Å². The Morgan fingerprint density at radius 2 is 1.91 bits per heavy atom. The number of hydrogen-bond donors (Lipinski definition) is 1. The van der Waals surface area contributed by atoms with E-state index in [4.69, 9.17) is 14.2 Å². The van der Waals surface area contributed by atoms with E-state index in [0.717, 1.165) is 25.7 Å². The predicted octanol–water partition coefficient (Wildman–Crippen LogP) is 4.31. The number of likely N-dealkylation sites (tertiary alicyclic amines) is 1. The van der Waals surface area contributed by atoms with Gasteiger partial charge in [-0.05, 0) is 70.8 Å². The number of carbonyl (C=O) groups is 2. The largest absolute Gasteiger partial charge is 0.444 e. The molecule has 4 rings (SSSR count). The molecule has 1 aliphatic carbocycles. The number of benzene rings is 1. The normalized spacial score (nSPS) is 32.4. The molecule has 7 nitrogen and oxygen atoms in total. The van der Waals surface area contributed by atoms with Crippen LogP contribution in [0, 0.1) is 0 Å². The summed E-state index contributed by atoms with van der Waals surface area (Å²) >= 11 is 0. The highest BCUT2D eigenvalue weighted by Gasteiger charge is 2.52. The van der Waals surface area contributed by atoms with Crippen molar-refractivity contribution in [1.29, 1.82) is 0 Å². The molecule has 1 aromatic rings. The number of nitrogens with one attached hydrogen (secondary N) is 1. The second-order valence-corrected chi connectivity index (χ2v) is 10.8. The Kier molecular flexibility index (Phi) is 7.48. The molecule has 1 N–H and O–H groups in total. The molecule has 188 valence electrons. The topological polar surface area (TPSA) is 77.1 Å². The molecule has 1 unspecified atom stereocenters. The fourth-order valence-electron chi connectivity index (χ4n) is 5.44. The first-order chi connectivity index (χ1) is 16.2. The van der Waals surface area contributed by atoms with Crippen molar-refractivity contribution in [3.05, 3.63) is 35.9 Å². The quantitative estimate of drug-likeness (QED) is 0.701. The summed E-state index contributed by atoms with van der Waals surface area (Å²) < 4.78 is 31.0. The highest BCUT2D eigenvalue weighted by Crippen LogP contribution is 2.36. The van der Waals surface area contributed by atoms with E-state index in [2.05, 4.69) is 29.6 Å². The summed E-state index contributed by atoms with van der Waals surface area (Å²) in [5, 5.41) is 2.83. The number of carbonyl (C=O) groups excluding carboxylic acids is 2. The van der Waals surface area contributed by atoms with Gasteiger partial charge in [0.25, 0.3) is 12.3 Å². The van der Waals surface area contributed by atoms with E-state index >= 15 is 0 Å². The van der Waals surface area contributed by atoms with E-state index in [-0.39, 0.29) is 19.3 Å². The maximum atomic E-state index is 13.8. The molecule has 1 aromatic carbocycles. The van der Waals surface area contributed by atoms with Crippen molar-refractivity contribution in [3.63, 3.8) is 0 Å². The van der Waals surface area contributed by atoms with Gasteiger partial charge in [0.15, 0.2) is 0 Å². The summed E-state index contributed by atoms with van der Waals surface area (Å²) in [4.78, 5) is 26.9. The van der Waals surface area contributed by atoms with Crippen molar-refractivity contribution in [2.75, 3.05) is 19.8 Å². The smallest absolute Gasteiger partial charge is 0.410 e. The summed E-state index contributed by atoms with van der Waals surface area (Å²) in [6.45, 7) is 6.18. The molecule has 0 radical (unpaired) electrons. The lowest BCUT2D eigenvalue weighted by atomic mass is 9.80. The first kappa shape index (κ1) is 24.9. The Morgan fingerprint density at radius 1 is 1.21 bits per heavy atom. The first-order valence-corrected chi connectivity index (χ1v) is 12.4. The molecule has 3 aliphatic rings. The van der Waals surface area contributed by atoms with Gasteiger partial charge in [0.1, 0.15) is 5.60 Å². The van der Waals surface area contributed by atoms with Crippen LogP contribution in [0.2, 0.25) is 0 Å². The fraction of sp³-hybridized carbons (Fsp3) is 0.692. The van der Waals surface area contributed by atoms with Crippen LogP contribution in [0.5, 0.6) is 0 Å². The monoisotopic (exact) mass is 476 g/mol. The molecule has 8 heteroatoms. The minimum absolute atomic E-state index is 0.00597. The predicted molar refractivity (Wildman–Crippen MR) is 125 cm³/mol. The van der Waals surface area contributed by atoms with Crippen LogP contribution in [0.4, 0.5) is 9.18 Å². The molecule has 3 atom stereocenters. The van der Waals surface area contributed by atoms with Gasteiger partial charge in [-0.1, -0.05) is 30.3 Å². The average molecular weight is 477 g/mol. The molecule has 2 saturated heterocycles. The van der Waals surface area contributed by atoms with Gasteiger partial charge in [0, 0.05) is 6.54 Å². The number of nitrogens with zero attached hydrogens (tertiary/aromatic N) is 1.